The van der Waals surface area contributed by atoms with Crippen molar-refractivity contribution in [2.45, 2.75) is 19.6 Å². The second kappa shape index (κ2) is 4.36. The topological polar surface area (TPSA) is 43.8 Å². The van der Waals surface area contributed by atoms with E-state index in [0.717, 1.165) is 22.0 Å². The van der Waals surface area contributed by atoms with Crippen LogP contribution in [-0.4, -0.2) is 9.78 Å². The summed E-state index contributed by atoms with van der Waals surface area (Å²) < 4.78 is 39.2. The number of aromatic nitrogens is 2. The lowest BCUT2D eigenvalue weighted by Crippen LogP contribution is -2.17. The lowest BCUT2D eigenvalue weighted by Gasteiger charge is -2.11. The molecule has 2 aromatic rings. The van der Waals surface area contributed by atoms with E-state index in [9.17, 15) is 13.2 Å². The van der Waals surface area contributed by atoms with Crippen molar-refractivity contribution in [2.24, 2.45) is 0 Å². The van der Waals surface area contributed by atoms with Gasteiger partial charge in [-0.2, -0.15) is 18.3 Å². The van der Waals surface area contributed by atoms with Gasteiger partial charge in [0.2, 0.25) is 0 Å². The highest BCUT2D eigenvalue weighted by atomic mass is 19.4. The maximum Gasteiger partial charge on any atom is 0.435 e. The molecule has 0 aliphatic carbocycles. The third-order valence-electron chi connectivity index (χ3n) is 2.55. The van der Waals surface area contributed by atoms with Crippen molar-refractivity contribution in [3.63, 3.8) is 0 Å². The molecule has 0 radical (unpaired) electrons. The molecule has 6 heteroatoms. The summed E-state index contributed by atoms with van der Waals surface area (Å²) in [6.07, 6.45) is -3.47. The van der Waals surface area contributed by atoms with Crippen LogP contribution in [0.4, 0.5) is 18.9 Å². The van der Waals surface area contributed by atoms with Crippen LogP contribution in [0, 0.1) is 6.92 Å². The molecule has 3 nitrogen and oxygen atoms in total. The van der Waals surface area contributed by atoms with E-state index in [1.54, 1.807) is 12.1 Å². The van der Waals surface area contributed by atoms with Crippen LogP contribution in [0.2, 0.25) is 0 Å². The molecule has 0 saturated carbocycles. The Bertz CT molecular complexity index is 558. The molecule has 2 rings (SSSR count). The minimum atomic E-state index is -4.50. The minimum Gasteiger partial charge on any atom is -0.396 e. The van der Waals surface area contributed by atoms with Gasteiger partial charge in [0.05, 0.1) is 18.4 Å². The first-order chi connectivity index (χ1) is 8.38. The van der Waals surface area contributed by atoms with E-state index in [1.807, 2.05) is 19.1 Å². The Labute approximate surface area is 102 Å². The first-order valence-corrected chi connectivity index (χ1v) is 5.32. The molecule has 0 aliphatic heterocycles. The first-order valence-electron chi connectivity index (χ1n) is 5.32. The highest BCUT2D eigenvalue weighted by Gasteiger charge is 2.37. The van der Waals surface area contributed by atoms with Gasteiger partial charge in [-0.15, -0.1) is 0 Å². The van der Waals surface area contributed by atoms with Crippen molar-refractivity contribution in [2.75, 3.05) is 5.73 Å². The molecule has 0 saturated heterocycles. The number of hydrogen-bond donors (Lipinski definition) is 1. The lowest BCUT2D eigenvalue weighted by molar-refractivity contribution is -0.143. The standard InChI is InChI=1S/C12H12F3N3/c1-8-3-2-4-9(5-8)7-18-11(12(13,14)15)10(16)6-17-18/h2-6H,7,16H2,1H3. The summed E-state index contributed by atoms with van der Waals surface area (Å²) in [5.74, 6) is 0. The summed E-state index contributed by atoms with van der Waals surface area (Å²) in [4.78, 5) is 0. The molecule has 0 aliphatic rings. The van der Waals surface area contributed by atoms with Crippen molar-refractivity contribution < 1.29 is 13.2 Å². The largest absolute Gasteiger partial charge is 0.435 e. The van der Waals surface area contributed by atoms with Gasteiger partial charge in [-0.3, -0.25) is 4.68 Å². The summed E-state index contributed by atoms with van der Waals surface area (Å²) in [6, 6.07) is 7.25. The summed E-state index contributed by atoms with van der Waals surface area (Å²) in [7, 11) is 0. The highest BCUT2D eigenvalue weighted by molar-refractivity contribution is 5.43. The summed E-state index contributed by atoms with van der Waals surface area (Å²) >= 11 is 0. The van der Waals surface area contributed by atoms with Crippen molar-refractivity contribution in [1.82, 2.24) is 9.78 Å². The van der Waals surface area contributed by atoms with E-state index in [2.05, 4.69) is 5.10 Å². The van der Waals surface area contributed by atoms with Crippen molar-refractivity contribution in [3.8, 4) is 0 Å². The molecule has 0 bridgehead atoms. The zero-order valence-electron chi connectivity index (χ0n) is 9.70. The van der Waals surface area contributed by atoms with E-state index in [4.69, 9.17) is 5.73 Å². The number of alkyl halides is 3. The first kappa shape index (κ1) is 12.5. The molecule has 96 valence electrons. The van der Waals surface area contributed by atoms with Gasteiger partial charge in [0.25, 0.3) is 0 Å². The number of aryl methyl sites for hydroxylation is 1. The highest BCUT2D eigenvalue weighted by Crippen LogP contribution is 2.33. The Morgan fingerprint density at radius 3 is 2.67 bits per heavy atom. The van der Waals surface area contributed by atoms with Crippen LogP contribution in [0.1, 0.15) is 16.8 Å². The normalized spacial score (nSPS) is 11.8. The molecule has 1 aromatic carbocycles. The van der Waals surface area contributed by atoms with Gasteiger partial charge in [0.1, 0.15) is 0 Å². The number of nitrogens with zero attached hydrogens (tertiary/aromatic N) is 2. The van der Waals surface area contributed by atoms with E-state index in [-0.39, 0.29) is 12.2 Å². The number of rotatable bonds is 2. The Balaban J connectivity index is 2.36. The predicted octanol–water partition coefficient (Wildman–Crippen LogP) is 2.84. The second-order valence-corrected chi connectivity index (χ2v) is 4.09. The molecular weight excluding hydrogens is 243 g/mol. The summed E-state index contributed by atoms with van der Waals surface area (Å²) in [5, 5.41) is 3.68. The van der Waals surface area contributed by atoms with Crippen molar-refractivity contribution in [1.29, 1.82) is 0 Å². The van der Waals surface area contributed by atoms with Gasteiger partial charge >= 0.3 is 6.18 Å². The molecule has 0 unspecified atom stereocenters. The third-order valence-corrected chi connectivity index (χ3v) is 2.55. The van der Waals surface area contributed by atoms with Gasteiger partial charge in [-0.05, 0) is 12.5 Å². The molecule has 1 heterocycles. The van der Waals surface area contributed by atoms with E-state index in [0.29, 0.717) is 0 Å². The average molecular weight is 255 g/mol. The fraction of sp³-hybridized carbons (Fsp3) is 0.250. The Hall–Kier alpha value is -1.98. The Morgan fingerprint density at radius 2 is 2.06 bits per heavy atom. The van der Waals surface area contributed by atoms with E-state index >= 15 is 0 Å². The minimum absolute atomic E-state index is 0.0493. The third kappa shape index (κ3) is 2.47. The number of benzene rings is 1. The van der Waals surface area contributed by atoms with Gasteiger partial charge in [-0.25, -0.2) is 0 Å². The SMILES string of the molecule is Cc1cccc(Cn2ncc(N)c2C(F)(F)F)c1. The number of hydrogen-bond acceptors (Lipinski definition) is 2. The van der Waals surface area contributed by atoms with Crippen LogP contribution in [0.5, 0.6) is 0 Å². The van der Waals surface area contributed by atoms with Gasteiger partial charge in [0.15, 0.2) is 5.69 Å². The zero-order valence-corrected chi connectivity index (χ0v) is 9.70. The van der Waals surface area contributed by atoms with Crippen molar-refractivity contribution >= 4 is 5.69 Å². The van der Waals surface area contributed by atoms with Gasteiger partial charge in [0, 0.05) is 0 Å². The van der Waals surface area contributed by atoms with Gasteiger partial charge < -0.3 is 5.73 Å². The maximum atomic E-state index is 12.8. The van der Waals surface area contributed by atoms with Crippen LogP contribution >= 0.6 is 0 Å². The van der Waals surface area contributed by atoms with Crippen molar-refractivity contribution in [3.05, 3.63) is 47.3 Å². The molecule has 2 N–H and O–H groups in total. The monoisotopic (exact) mass is 255 g/mol. The molecule has 0 spiro atoms. The van der Waals surface area contributed by atoms with Crippen LogP contribution in [-0.2, 0) is 12.7 Å². The van der Waals surface area contributed by atoms with E-state index in [1.165, 1.54) is 0 Å². The summed E-state index contributed by atoms with van der Waals surface area (Å²) in [6.45, 7) is 1.93. The van der Waals surface area contributed by atoms with Crippen LogP contribution in [0.3, 0.4) is 0 Å². The van der Waals surface area contributed by atoms with E-state index < -0.39 is 11.9 Å². The molecule has 0 fully saturated rings. The Kier molecular flexibility index (Phi) is 3.02. The van der Waals surface area contributed by atoms with Crippen LogP contribution in [0.25, 0.3) is 0 Å². The maximum absolute atomic E-state index is 12.8. The average Bonchev–Trinajstić information content (AvgIpc) is 2.59. The predicted molar refractivity (Wildman–Crippen MR) is 61.9 cm³/mol. The molecule has 1 aromatic heterocycles. The molecule has 0 amide bonds. The van der Waals surface area contributed by atoms with Crippen LogP contribution < -0.4 is 5.73 Å². The number of nitrogens with two attached hydrogens (primary N) is 1. The number of halogens is 3. The zero-order chi connectivity index (χ0) is 13.3. The molecular formula is C12H12F3N3. The lowest BCUT2D eigenvalue weighted by atomic mass is 10.1. The smallest absolute Gasteiger partial charge is 0.396 e. The Morgan fingerprint density at radius 1 is 1.33 bits per heavy atom. The van der Waals surface area contributed by atoms with Crippen LogP contribution in [0.15, 0.2) is 30.5 Å². The summed E-state index contributed by atoms with van der Waals surface area (Å²) in [5.41, 5.74) is 5.80. The fourth-order valence-corrected chi connectivity index (χ4v) is 1.81. The fourth-order valence-electron chi connectivity index (χ4n) is 1.81. The molecule has 0 atom stereocenters. The quantitative estimate of drug-likeness (QED) is 0.896. The van der Waals surface area contributed by atoms with Gasteiger partial charge in [-0.1, -0.05) is 29.8 Å². The number of nitrogen functional groups attached to an aromatic ring is 1. The molecule has 18 heavy (non-hydrogen) atoms. The number of anilines is 1. The second-order valence-electron chi connectivity index (χ2n) is 4.09.